The molecule has 0 saturated heterocycles. The number of rotatable bonds is 11. The number of ether oxygens (including phenoxy) is 1. The first kappa shape index (κ1) is 17.5. The summed E-state index contributed by atoms with van der Waals surface area (Å²) in [5, 5.41) is 11.9. The fourth-order valence-electron chi connectivity index (χ4n) is 2.28. The second kappa shape index (κ2) is 11.2. The van der Waals surface area contributed by atoms with Crippen molar-refractivity contribution in [2.45, 2.75) is 65.2 Å². The third-order valence-electron chi connectivity index (χ3n) is 3.69. The summed E-state index contributed by atoms with van der Waals surface area (Å²) in [7, 11) is 0. The van der Waals surface area contributed by atoms with E-state index in [1.807, 2.05) is 24.3 Å². The Morgan fingerprint density at radius 3 is 2.10 bits per heavy atom. The zero-order valence-corrected chi connectivity index (χ0v) is 13.5. The Morgan fingerprint density at radius 1 is 0.952 bits per heavy atom. The highest BCUT2D eigenvalue weighted by atomic mass is 16.5. The van der Waals surface area contributed by atoms with Gasteiger partial charge in [-0.25, -0.2) is 0 Å². The van der Waals surface area contributed by atoms with Crippen LogP contribution in [-0.2, 0) is 0 Å². The Balaban J connectivity index is 2.08. The minimum absolute atomic E-state index is 0.615. The van der Waals surface area contributed by atoms with Crippen molar-refractivity contribution in [2.75, 3.05) is 6.61 Å². The Labute approximate surface area is 129 Å². The van der Waals surface area contributed by atoms with Gasteiger partial charge in [0.15, 0.2) is 0 Å². The molecule has 3 heteroatoms. The van der Waals surface area contributed by atoms with Crippen LogP contribution in [0.5, 0.6) is 5.75 Å². The molecule has 0 aliphatic rings. The predicted molar refractivity (Wildman–Crippen MR) is 88.5 cm³/mol. The maximum absolute atomic E-state index is 8.71. The molecule has 1 aromatic carbocycles. The zero-order valence-electron chi connectivity index (χ0n) is 13.5. The van der Waals surface area contributed by atoms with Crippen LogP contribution in [-0.4, -0.2) is 17.5 Å². The molecule has 0 aliphatic heterocycles. The summed E-state index contributed by atoms with van der Waals surface area (Å²) >= 11 is 0. The van der Waals surface area contributed by atoms with Gasteiger partial charge in [0.1, 0.15) is 5.75 Å². The van der Waals surface area contributed by atoms with Crippen LogP contribution >= 0.6 is 0 Å². The molecule has 0 aromatic heterocycles. The minimum atomic E-state index is 0.615. The number of unbranched alkanes of at least 4 members (excludes halogenated alkanes) is 7. The molecule has 0 fully saturated rings. The molecule has 0 bridgehead atoms. The van der Waals surface area contributed by atoms with Crippen LogP contribution in [0.15, 0.2) is 29.4 Å². The molecule has 0 unspecified atom stereocenters. The molecule has 0 aliphatic carbocycles. The first-order valence-electron chi connectivity index (χ1n) is 8.19. The van der Waals surface area contributed by atoms with Gasteiger partial charge in [-0.3, -0.25) is 0 Å². The number of oxime groups is 1. The van der Waals surface area contributed by atoms with Gasteiger partial charge in [0.2, 0.25) is 0 Å². The Bertz CT molecular complexity index is 398. The second-order valence-corrected chi connectivity index (χ2v) is 5.53. The van der Waals surface area contributed by atoms with Gasteiger partial charge in [-0.2, -0.15) is 0 Å². The highest BCUT2D eigenvalue weighted by molar-refractivity contribution is 5.98. The van der Waals surface area contributed by atoms with Crippen molar-refractivity contribution in [3.05, 3.63) is 29.8 Å². The van der Waals surface area contributed by atoms with Gasteiger partial charge in [-0.1, -0.05) is 57.0 Å². The quantitative estimate of drug-likeness (QED) is 0.256. The van der Waals surface area contributed by atoms with Gasteiger partial charge >= 0.3 is 0 Å². The highest BCUT2D eigenvalue weighted by Crippen LogP contribution is 2.14. The van der Waals surface area contributed by atoms with E-state index in [2.05, 4.69) is 12.1 Å². The van der Waals surface area contributed by atoms with Gasteiger partial charge < -0.3 is 9.94 Å². The van der Waals surface area contributed by atoms with Gasteiger partial charge in [0.25, 0.3) is 0 Å². The van der Waals surface area contributed by atoms with E-state index in [9.17, 15) is 0 Å². The molecule has 1 rings (SSSR count). The predicted octanol–water partition coefficient (Wildman–Crippen LogP) is 5.40. The van der Waals surface area contributed by atoms with E-state index < -0.39 is 0 Å². The molecule has 0 saturated carbocycles. The van der Waals surface area contributed by atoms with Crippen molar-refractivity contribution >= 4 is 5.71 Å². The van der Waals surface area contributed by atoms with E-state index in [1.54, 1.807) is 6.92 Å². The van der Waals surface area contributed by atoms with E-state index >= 15 is 0 Å². The fraction of sp³-hybridized carbons (Fsp3) is 0.611. The van der Waals surface area contributed by atoms with E-state index in [-0.39, 0.29) is 0 Å². The summed E-state index contributed by atoms with van der Waals surface area (Å²) < 4.78 is 5.72. The first-order valence-corrected chi connectivity index (χ1v) is 8.19. The molecule has 0 heterocycles. The molecule has 1 aromatic rings. The summed E-state index contributed by atoms with van der Waals surface area (Å²) in [4.78, 5) is 0. The van der Waals surface area contributed by atoms with Gasteiger partial charge in [-0.05, 0) is 43.2 Å². The summed E-state index contributed by atoms with van der Waals surface area (Å²) in [5.74, 6) is 0.882. The molecule has 1 N–H and O–H groups in total. The zero-order chi connectivity index (χ0) is 15.3. The largest absolute Gasteiger partial charge is 0.494 e. The molecule has 21 heavy (non-hydrogen) atoms. The van der Waals surface area contributed by atoms with E-state index in [0.717, 1.165) is 24.3 Å². The molecular formula is C18H29NO2. The van der Waals surface area contributed by atoms with Crippen LogP contribution < -0.4 is 4.74 Å². The van der Waals surface area contributed by atoms with Crippen LogP contribution in [0.3, 0.4) is 0 Å². The molecule has 3 nitrogen and oxygen atoms in total. The third kappa shape index (κ3) is 7.74. The molecule has 118 valence electrons. The van der Waals surface area contributed by atoms with Gasteiger partial charge in [-0.15, -0.1) is 0 Å². The Hall–Kier alpha value is -1.51. The van der Waals surface area contributed by atoms with Crippen molar-refractivity contribution in [2.24, 2.45) is 5.16 Å². The van der Waals surface area contributed by atoms with Crippen LogP contribution in [0.25, 0.3) is 0 Å². The summed E-state index contributed by atoms with van der Waals surface area (Å²) in [5.41, 5.74) is 1.53. The lowest BCUT2D eigenvalue weighted by molar-refractivity contribution is 0.304. The van der Waals surface area contributed by atoms with Crippen LogP contribution in [0.4, 0.5) is 0 Å². The van der Waals surface area contributed by atoms with Crippen LogP contribution in [0.1, 0.15) is 70.8 Å². The van der Waals surface area contributed by atoms with Crippen molar-refractivity contribution in [3.8, 4) is 5.75 Å². The van der Waals surface area contributed by atoms with Crippen molar-refractivity contribution in [1.29, 1.82) is 0 Å². The Morgan fingerprint density at radius 2 is 1.52 bits per heavy atom. The minimum Gasteiger partial charge on any atom is -0.494 e. The van der Waals surface area contributed by atoms with E-state index in [1.165, 1.54) is 44.9 Å². The SMILES string of the molecule is CCCCCCCCCCOc1ccc(/C(C)=N\O)cc1. The lowest BCUT2D eigenvalue weighted by atomic mass is 10.1. The standard InChI is InChI=1S/C18H29NO2/c1-3-4-5-6-7-8-9-10-15-21-18-13-11-17(12-14-18)16(2)19-20/h11-14,20H,3-10,15H2,1-2H3/b19-16-. The van der Waals surface area contributed by atoms with Crippen molar-refractivity contribution < 1.29 is 9.94 Å². The summed E-state index contributed by atoms with van der Waals surface area (Å²) in [6, 6.07) is 7.68. The maximum atomic E-state index is 8.71. The summed E-state index contributed by atoms with van der Waals surface area (Å²) in [6.45, 7) is 4.81. The smallest absolute Gasteiger partial charge is 0.119 e. The third-order valence-corrected chi connectivity index (χ3v) is 3.69. The average molecular weight is 291 g/mol. The second-order valence-electron chi connectivity index (χ2n) is 5.53. The molecular weight excluding hydrogens is 262 g/mol. The first-order chi connectivity index (χ1) is 10.3. The molecule has 0 spiro atoms. The lowest BCUT2D eigenvalue weighted by Crippen LogP contribution is -1.98. The van der Waals surface area contributed by atoms with Crippen molar-refractivity contribution in [1.82, 2.24) is 0 Å². The average Bonchev–Trinajstić information content (AvgIpc) is 2.53. The fourth-order valence-corrected chi connectivity index (χ4v) is 2.28. The lowest BCUT2D eigenvalue weighted by Gasteiger charge is -2.07. The monoisotopic (exact) mass is 291 g/mol. The maximum Gasteiger partial charge on any atom is 0.119 e. The number of benzene rings is 1. The number of hydrogen-bond donors (Lipinski definition) is 1. The number of hydrogen-bond acceptors (Lipinski definition) is 3. The topological polar surface area (TPSA) is 41.8 Å². The molecule has 0 radical (unpaired) electrons. The van der Waals surface area contributed by atoms with Gasteiger partial charge in [0.05, 0.1) is 12.3 Å². The van der Waals surface area contributed by atoms with Gasteiger partial charge in [0, 0.05) is 0 Å². The van der Waals surface area contributed by atoms with Crippen LogP contribution in [0.2, 0.25) is 0 Å². The van der Waals surface area contributed by atoms with E-state index in [4.69, 9.17) is 9.94 Å². The van der Waals surface area contributed by atoms with Crippen LogP contribution in [0, 0.1) is 0 Å². The summed E-state index contributed by atoms with van der Waals surface area (Å²) in [6.07, 6.45) is 10.5. The molecule has 0 amide bonds. The highest BCUT2D eigenvalue weighted by Gasteiger charge is 1.99. The number of nitrogens with zero attached hydrogens (tertiary/aromatic N) is 1. The van der Waals surface area contributed by atoms with Crippen molar-refractivity contribution in [3.63, 3.8) is 0 Å². The normalized spacial score (nSPS) is 11.6. The Kier molecular flexibility index (Phi) is 9.34. The molecule has 0 atom stereocenters. The van der Waals surface area contributed by atoms with E-state index in [0.29, 0.717) is 5.71 Å².